The molecule has 0 saturated carbocycles. The summed E-state index contributed by atoms with van der Waals surface area (Å²) in [5, 5.41) is 14.3. The Labute approximate surface area is 125 Å². The standard InChI is InChI=1S/C17H22N2O2/c1-19(2,3)11-5-8-17(21)18-16-7-4-6-13-12-14(20)9-10-15(13)16/h4,6-7,9-10,12H,5,8,11H2,1-3H3,(H-,18,20,21)/p+1. The summed E-state index contributed by atoms with van der Waals surface area (Å²) in [6, 6.07) is 10.8. The molecular weight excluding hydrogens is 264 g/mol. The van der Waals surface area contributed by atoms with Gasteiger partial charge in [0.15, 0.2) is 0 Å². The number of rotatable bonds is 5. The Morgan fingerprint density at radius 2 is 1.95 bits per heavy atom. The maximum atomic E-state index is 12.0. The minimum absolute atomic E-state index is 0.0315. The molecule has 0 aliphatic rings. The summed E-state index contributed by atoms with van der Waals surface area (Å²) in [5.41, 5.74) is 0.794. The molecule has 0 aromatic heterocycles. The van der Waals surface area contributed by atoms with E-state index >= 15 is 0 Å². The number of hydrogen-bond acceptors (Lipinski definition) is 2. The molecule has 2 N–H and O–H groups in total. The smallest absolute Gasteiger partial charge is 0.224 e. The number of fused-ring (bicyclic) bond motifs is 1. The zero-order valence-electron chi connectivity index (χ0n) is 12.9. The third kappa shape index (κ3) is 4.46. The Kier molecular flexibility index (Phi) is 4.48. The van der Waals surface area contributed by atoms with Crippen molar-refractivity contribution in [1.82, 2.24) is 0 Å². The molecule has 0 unspecified atom stereocenters. The molecule has 21 heavy (non-hydrogen) atoms. The van der Waals surface area contributed by atoms with Crippen molar-refractivity contribution in [3.63, 3.8) is 0 Å². The van der Waals surface area contributed by atoms with Crippen LogP contribution >= 0.6 is 0 Å². The van der Waals surface area contributed by atoms with E-state index in [9.17, 15) is 9.90 Å². The van der Waals surface area contributed by atoms with E-state index in [0.717, 1.165) is 33.9 Å². The van der Waals surface area contributed by atoms with Crippen LogP contribution in [0.4, 0.5) is 5.69 Å². The third-order valence-corrected chi connectivity index (χ3v) is 3.37. The van der Waals surface area contributed by atoms with E-state index in [0.29, 0.717) is 6.42 Å². The highest BCUT2D eigenvalue weighted by Gasteiger charge is 2.10. The second-order valence-electron chi connectivity index (χ2n) is 6.38. The Morgan fingerprint density at radius 1 is 1.19 bits per heavy atom. The summed E-state index contributed by atoms with van der Waals surface area (Å²) in [5.74, 6) is 0.262. The Bertz CT molecular complexity index is 645. The lowest BCUT2D eigenvalue weighted by Crippen LogP contribution is -2.35. The van der Waals surface area contributed by atoms with Gasteiger partial charge in [0.05, 0.1) is 27.7 Å². The first-order valence-corrected chi connectivity index (χ1v) is 7.17. The van der Waals surface area contributed by atoms with Gasteiger partial charge in [-0.1, -0.05) is 12.1 Å². The van der Waals surface area contributed by atoms with E-state index in [4.69, 9.17) is 0 Å². The minimum Gasteiger partial charge on any atom is -0.508 e. The summed E-state index contributed by atoms with van der Waals surface area (Å²) in [6.45, 7) is 0.969. The van der Waals surface area contributed by atoms with Crippen molar-refractivity contribution in [1.29, 1.82) is 0 Å². The van der Waals surface area contributed by atoms with E-state index in [-0.39, 0.29) is 11.7 Å². The molecule has 2 rings (SSSR count). The van der Waals surface area contributed by atoms with E-state index in [1.54, 1.807) is 12.1 Å². The highest BCUT2D eigenvalue weighted by atomic mass is 16.3. The number of phenols is 1. The van der Waals surface area contributed by atoms with E-state index in [1.165, 1.54) is 0 Å². The molecule has 0 atom stereocenters. The fourth-order valence-corrected chi connectivity index (χ4v) is 2.31. The lowest BCUT2D eigenvalue weighted by Gasteiger charge is -2.23. The average Bonchev–Trinajstić information content (AvgIpc) is 2.37. The highest BCUT2D eigenvalue weighted by Crippen LogP contribution is 2.26. The normalized spacial score (nSPS) is 11.6. The molecule has 4 nitrogen and oxygen atoms in total. The molecule has 2 aromatic carbocycles. The molecule has 112 valence electrons. The van der Waals surface area contributed by atoms with Gasteiger partial charge in [0.25, 0.3) is 0 Å². The quantitative estimate of drug-likeness (QED) is 0.831. The number of nitrogens with one attached hydrogen (secondary N) is 1. The van der Waals surface area contributed by atoms with Crippen molar-refractivity contribution in [3.05, 3.63) is 36.4 Å². The number of quaternary nitrogens is 1. The number of anilines is 1. The number of benzene rings is 2. The third-order valence-electron chi connectivity index (χ3n) is 3.37. The molecule has 0 heterocycles. The second kappa shape index (κ2) is 6.14. The first-order chi connectivity index (χ1) is 9.85. The van der Waals surface area contributed by atoms with Gasteiger partial charge in [0.2, 0.25) is 5.91 Å². The van der Waals surface area contributed by atoms with E-state index in [1.807, 2.05) is 24.3 Å². The van der Waals surface area contributed by atoms with Crippen LogP contribution in [0.25, 0.3) is 10.8 Å². The van der Waals surface area contributed by atoms with Crippen molar-refractivity contribution < 1.29 is 14.4 Å². The van der Waals surface area contributed by atoms with Gasteiger partial charge < -0.3 is 14.9 Å². The molecular formula is C17H23N2O2+. The fraction of sp³-hybridized carbons (Fsp3) is 0.353. The van der Waals surface area contributed by atoms with E-state index < -0.39 is 0 Å². The average molecular weight is 287 g/mol. The molecule has 1 amide bonds. The van der Waals surface area contributed by atoms with Crippen LogP contribution in [0.2, 0.25) is 0 Å². The molecule has 0 aliphatic carbocycles. The van der Waals surface area contributed by atoms with Crippen LogP contribution in [0.5, 0.6) is 5.75 Å². The minimum atomic E-state index is 0.0315. The molecule has 0 aliphatic heterocycles. The van der Waals surface area contributed by atoms with Gasteiger partial charge in [-0.2, -0.15) is 0 Å². The number of aromatic hydroxyl groups is 1. The molecule has 0 bridgehead atoms. The van der Waals surface area contributed by atoms with Crippen LogP contribution in [0.3, 0.4) is 0 Å². The van der Waals surface area contributed by atoms with Crippen molar-refractivity contribution >= 4 is 22.4 Å². The van der Waals surface area contributed by atoms with Gasteiger partial charge in [-0.05, 0) is 29.7 Å². The number of hydrogen-bond donors (Lipinski definition) is 2. The summed E-state index contributed by atoms with van der Waals surface area (Å²) in [4.78, 5) is 12.0. The van der Waals surface area contributed by atoms with Crippen molar-refractivity contribution in [3.8, 4) is 5.75 Å². The molecule has 0 radical (unpaired) electrons. The van der Waals surface area contributed by atoms with Gasteiger partial charge in [-0.25, -0.2) is 0 Å². The molecule has 0 saturated heterocycles. The maximum absolute atomic E-state index is 12.0. The van der Waals surface area contributed by atoms with E-state index in [2.05, 4.69) is 26.5 Å². The first-order valence-electron chi connectivity index (χ1n) is 7.17. The SMILES string of the molecule is C[N+](C)(C)CCCC(=O)Nc1cccc2cc(O)ccc12. The van der Waals surface area contributed by atoms with Gasteiger partial charge in [-0.3, -0.25) is 4.79 Å². The summed E-state index contributed by atoms with van der Waals surface area (Å²) in [6.07, 6.45) is 1.38. The topological polar surface area (TPSA) is 49.3 Å². The fourth-order valence-electron chi connectivity index (χ4n) is 2.31. The summed E-state index contributed by atoms with van der Waals surface area (Å²) < 4.78 is 0.862. The highest BCUT2D eigenvalue weighted by molar-refractivity contribution is 6.02. The van der Waals surface area contributed by atoms with Gasteiger partial charge in [0, 0.05) is 23.9 Å². The Hall–Kier alpha value is -2.07. The zero-order valence-corrected chi connectivity index (χ0v) is 12.9. The Balaban J connectivity index is 2.04. The van der Waals surface area contributed by atoms with Gasteiger partial charge >= 0.3 is 0 Å². The first kappa shape index (κ1) is 15.3. The second-order valence-corrected chi connectivity index (χ2v) is 6.38. The number of phenolic OH excluding ortho intramolecular Hbond substituents is 1. The monoisotopic (exact) mass is 287 g/mol. The molecule has 4 heteroatoms. The van der Waals surface area contributed by atoms with Crippen LogP contribution in [0.1, 0.15) is 12.8 Å². The molecule has 0 spiro atoms. The largest absolute Gasteiger partial charge is 0.508 e. The predicted octanol–water partition coefficient (Wildman–Crippen LogP) is 2.97. The van der Waals surface area contributed by atoms with Gasteiger partial charge in [-0.15, -0.1) is 0 Å². The van der Waals surface area contributed by atoms with Crippen LogP contribution in [-0.4, -0.2) is 43.2 Å². The molecule has 2 aromatic rings. The maximum Gasteiger partial charge on any atom is 0.224 e. The number of nitrogens with zero attached hydrogens (tertiary/aromatic N) is 1. The van der Waals surface area contributed by atoms with Gasteiger partial charge in [0.1, 0.15) is 5.75 Å². The zero-order chi connectivity index (χ0) is 15.5. The van der Waals surface area contributed by atoms with Crippen molar-refractivity contribution in [2.75, 3.05) is 33.0 Å². The number of carbonyl (C=O) groups excluding carboxylic acids is 1. The van der Waals surface area contributed by atoms with Crippen molar-refractivity contribution in [2.45, 2.75) is 12.8 Å². The summed E-state index contributed by atoms with van der Waals surface area (Å²) >= 11 is 0. The van der Waals surface area contributed by atoms with Crippen molar-refractivity contribution in [2.24, 2.45) is 0 Å². The predicted molar refractivity (Wildman–Crippen MR) is 86.4 cm³/mol. The van der Waals surface area contributed by atoms with Crippen LogP contribution in [0.15, 0.2) is 36.4 Å². The summed E-state index contributed by atoms with van der Waals surface area (Å²) in [7, 11) is 6.36. The Morgan fingerprint density at radius 3 is 2.67 bits per heavy atom. The molecule has 0 fully saturated rings. The van der Waals surface area contributed by atoms with Crippen LogP contribution in [0, 0.1) is 0 Å². The van der Waals surface area contributed by atoms with Crippen LogP contribution in [-0.2, 0) is 4.79 Å². The number of carbonyl (C=O) groups is 1. The lowest BCUT2D eigenvalue weighted by molar-refractivity contribution is -0.870. The number of amides is 1. The van der Waals surface area contributed by atoms with Crippen LogP contribution < -0.4 is 5.32 Å². The lowest BCUT2D eigenvalue weighted by atomic mass is 10.1.